The van der Waals surface area contributed by atoms with Crippen molar-refractivity contribution >= 4 is 37.9 Å². The van der Waals surface area contributed by atoms with Crippen LogP contribution in [0.5, 0.6) is 0 Å². The molecule has 0 unspecified atom stereocenters. The number of hydrogen-bond acceptors (Lipinski definition) is 5. The van der Waals surface area contributed by atoms with Crippen molar-refractivity contribution in [2.24, 2.45) is 0 Å². The van der Waals surface area contributed by atoms with E-state index in [4.69, 9.17) is 4.98 Å². The summed E-state index contributed by atoms with van der Waals surface area (Å²) in [7, 11) is -1.66. The molecule has 3 aromatic rings. The van der Waals surface area contributed by atoms with Crippen LogP contribution in [-0.2, 0) is 16.4 Å². The number of nitrogens with one attached hydrogen (secondary N) is 1. The third kappa shape index (κ3) is 6.80. The van der Waals surface area contributed by atoms with Gasteiger partial charge in [0.1, 0.15) is 0 Å². The zero-order chi connectivity index (χ0) is 22.1. The Kier molecular flexibility index (Phi) is 8.49. The summed E-state index contributed by atoms with van der Waals surface area (Å²) in [6.07, 6.45) is 8.69. The number of sulfonamides is 1. The Morgan fingerprint density at radius 2 is 1.61 bits per heavy atom. The molecule has 1 heterocycles. The summed E-state index contributed by atoms with van der Waals surface area (Å²) >= 11 is 1.62. The predicted octanol–water partition coefficient (Wildman–Crippen LogP) is 6.61. The monoisotopic (exact) mass is 457 g/mol. The van der Waals surface area contributed by atoms with Gasteiger partial charge in [0, 0.05) is 23.8 Å². The fourth-order valence-corrected chi connectivity index (χ4v) is 5.24. The summed E-state index contributed by atoms with van der Waals surface area (Å²) in [5.74, 6) is 0. The molecule has 166 valence electrons. The molecule has 0 aliphatic carbocycles. The summed E-state index contributed by atoms with van der Waals surface area (Å²) in [5.41, 5.74) is 2.58. The van der Waals surface area contributed by atoms with E-state index in [2.05, 4.69) is 17.0 Å². The van der Waals surface area contributed by atoms with E-state index in [0.29, 0.717) is 5.69 Å². The second kappa shape index (κ2) is 11.3. The Morgan fingerprint density at radius 3 is 2.32 bits per heavy atom. The highest BCUT2D eigenvalue weighted by atomic mass is 32.2. The third-order valence-electron chi connectivity index (χ3n) is 5.17. The number of aryl methyl sites for hydroxylation is 1. The summed E-state index contributed by atoms with van der Waals surface area (Å²) in [5, 5.41) is 3.04. The standard InChI is InChI=1S/C24H31N3O2S2/c1-3-4-5-6-7-9-14-21-19-30-24(25-21)27(2)22-15-17-23(18-16-22)31(28,29)26-20-12-10-8-11-13-20/h8,10-13,15-19,26H,3-7,9,14H2,1-2H3. The lowest BCUT2D eigenvalue weighted by atomic mass is 10.1. The van der Waals surface area contributed by atoms with Crippen molar-refractivity contribution in [2.75, 3.05) is 16.7 Å². The molecule has 0 bridgehead atoms. The maximum atomic E-state index is 12.6. The zero-order valence-corrected chi connectivity index (χ0v) is 19.9. The van der Waals surface area contributed by atoms with Crippen LogP contribution in [0, 0.1) is 0 Å². The van der Waals surface area contributed by atoms with Gasteiger partial charge in [0.15, 0.2) is 5.13 Å². The first-order valence-electron chi connectivity index (χ1n) is 10.9. The van der Waals surface area contributed by atoms with Crippen molar-refractivity contribution < 1.29 is 8.42 Å². The summed E-state index contributed by atoms with van der Waals surface area (Å²) in [6.45, 7) is 2.24. The Bertz CT molecular complexity index is 1030. The third-order valence-corrected chi connectivity index (χ3v) is 7.54. The number of thiazole rings is 1. The first kappa shape index (κ1) is 23.3. The fraction of sp³-hybridized carbons (Fsp3) is 0.375. The molecule has 2 aromatic carbocycles. The first-order valence-corrected chi connectivity index (χ1v) is 13.2. The minimum Gasteiger partial charge on any atom is -0.321 e. The lowest BCUT2D eigenvalue weighted by molar-refractivity contribution is 0.601. The molecule has 0 saturated carbocycles. The number of unbranched alkanes of at least 4 members (excludes halogenated alkanes) is 5. The van der Waals surface area contributed by atoms with E-state index in [9.17, 15) is 8.42 Å². The smallest absolute Gasteiger partial charge is 0.261 e. The number of nitrogens with zero attached hydrogens (tertiary/aromatic N) is 2. The van der Waals surface area contributed by atoms with E-state index in [0.717, 1.165) is 22.9 Å². The summed E-state index contributed by atoms with van der Waals surface area (Å²) in [4.78, 5) is 6.99. The highest BCUT2D eigenvalue weighted by Crippen LogP contribution is 2.28. The van der Waals surface area contributed by atoms with Crippen LogP contribution in [-0.4, -0.2) is 20.4 Å². The molecule has 7 heteroatoms. The van der Waals surface area contributed by atoms with Crippen LogP contribution in [0.25, 0.3) is 0 Å². The van der Waals surface area contributed by atoms with Crippen molar-refractivity contribution in [2.45, 2.75) is 56.8 Å². The van der Waals surface area contributed by atoms with Crippen LogP contribution in [0.15, 0.2) is 64.9 Å². The van der Waals surface area contributed by atoms with Gasteiger partial charge in [-0.05, 0) is 49.2 Å². The SMILES string of the molecule is CCCCCCCCc1csc(N(C)c2ccc(S(=O)(=O)Nc3ccccc3)cc2)n1. The van der Waals surface area contributed by atoms with Gasteiger partial charge in [0.2, 0.25) is 0 Å². The number of para-hydroxylation sites is 1. The summed E-state index contributed by atoms with van der Waals surface area (Å²) in [6, 6.07) is 15.8. The molecule has 5 nitrogen and oxygen atoms in total. The van der Waals surface area contributed by atoms with Gasteiger partial charge in [-0.3, -0.25) is 4.72 Å². The maximum Gasteiger partial charge on any atom is 0.261 e. The summed E-state index contributed by atoms with van der Waals surface area (Å²) < 4.78 is 27.8. The molecule has 0 aliphatic heterocycles. The molecule has 0 fully saturated rings. The molecule has 1 N–H and O–H groups in total. The Labute approximate surface area is 190 Å². The van der Waals surface area contributed by atoms with E-state index in [1.807, 2.05) is 30.1 Å². The molecule has 0 amide bonds. The molecule has 0 radical (unpaired) electrons. The van der Waals surface area contributed by atoms with E-state index in [1.54, 1.807) is 47.7 Å². The molecular formula is C24H31N3O2S2. The average Bonchev–Trinajstić information content (AvgIpc) is 3.25. The minimum atomic E-state index is -3.62. The predicted molar refractivity (Wildman–Crippen MR) is 131 cm³/mol. The van der Waals surface area contributed by atoms with Crippen molar-refractivity contribution in [1.82, 2.24) is 4.98 Å². The van der Waals surface area contributed by atoms with Gasteiger partial charge in [-0.2, -0.15) is 0 Å². The Morgan fingerprint density at radius 1 is 0.935 bits per heavy atom. The number of hydrogen-bond donors (Lipinski definition) is 1. The van der Waals surface area contributed by atoms with E-state index in [1.165, 1.54) is 38.5 Å². The van der Waals surface area contributed by atoms with E-state index in [-0.39, 0.29) is 4.90 Å². The number of aromatic nitrogens is 1. The van der Waals surface area contributed by atoms with Crippen molar-refractivity contribution in [3.05, 3.63) is 65.7 Å². The van der Waals surface area contributed by atoms with Gasteiger partial charge < -0.3 is 4.90 Å². The topological polar surface area (TPSA) is 62.3 Å². The second-order valence-corrected chi connectivity index (χ2v) is 10.2. The van der Waals surface area contributed by atoms with Crippen LogP contribution in [0.4, 0.5) is 16.5 Å². The van der Waals surface area contributed by atoms with Gasteiger partial charge in [0.25, 0.3) is 10.0 Å². The van der Waals surface area contributed by atoms with Gasteiger partial charge in [-0.25, -0.2) is 13.4 Å². The van der Waals surface area contributed by atoms with Crippen LogP contribution in [0.2, 0.25) is 0 Å². The van der Waals surface area contributed by atoms with Crippen LogP contribution in [0.1, 0.15) is 51.1 Å². The number of anilines is 3. The van der Waals surface area contributed by atoms with E-state index < -0.39 is 10.0 Å². The van der Waals surface area contributed by atoms with Gasteiger partial charge in [0.05, 0.1) is 10.6 Å². The molecule has 1 aromatic heterocycles. The van der Waals surface area contributed by atoms with Crippen LogP contribution < -0.4 is 9.62 Å². The molecule has 0 saturated heterocycles. The maximum absolute atomic E-state index is 12.6. The molecule has 0 spiro atoms. The van der Waals surface area contributed by atoms with Crippen molar-refractivity contribution in [3.8, 4) is 0 Å². The quantitative estimate of drug-likeness (QED) is 0.311. The molecule has 0 aliphatic rings. The average molecular weight is 458 g/mol. The molecule has 3 rings (SSSR count). The molecule has 31 heavy (non-hydrogen) atoms. The van der Waals surface area contributed by atoms with Crippen molar-refractivity contribution in [3.63, 3.8) is 0 Å². The zero-order valence-electron chi connectivity index (χ0n) is 18.3. The first-order chi connectivity index (χ1) is 15.0. The number of rotatable bonds is 12. The molecular weight excluding hydrogens is 426 g/mol. The lowest BCUT2D eigenvalue weighted by Crippen LogP contribution is -2.13. The van der Waals surface area contributed by atoms with E-state index >= 15 is 0 Å². The highest BCUT2D eigenvalue weighted by Gasteiger charge is 2.15. The largest absolute Gasteiger partial charge is 0.321 e. The second-order valence-electron chi connectivity index (χ2n) is 7.66. The lowest BCUT2D eigenvalue weighted by Gasteiger charge is -2.16. The molecule has 0 atom stereocenters. The highest BCUT2D eigenvalue weighted by molar-refractivity contribution is 7.92. The number of benzene rings is 2. The fourth-order valence-electron chi connectivity index (χ4n) is 3.33. The van der Waals surface area contributed by atoms with Gasteiger partial charge in [-0.15, -0.1) is 11.3 Å². The Hall–Kier alpha value is -2.38. The van der Waals surface area contributed by atoms with Crippen LogP contribution in [0.3, 0.4) is 0 Å². The van der Waals surface area contributed by atoms with Crippen molar-refractivity contribution in [1.29, 1.82) is 0 Å². The normalized spacial score (nSPS) is 11.4. The van der Waals surface area contributed by atoms with Gasteiger partial charge in [-0.1, -0.05) is 57.2 Å². The minimum absolute atomic E-state index is 0.233. The van der Waals surface area contributed by atoms with Gasteiger partial charge >= 0.3 is 0 Å². The Balaban J connectivity index is 1.58. The van der Waals surface area contributed by atoms with Crippen LogP contribution >= 0.6 is 11.3 Å².